The van der Waals surface area contributed by atoms with Gasteiger partial charge in [0.1, 0.15) is 0 Å². The molecule has 6 heteroatoms. The molecule has 0 saturated carbocycles. The second kappa shape index (κ2) is 5.71. The maximum absolute atomic E-state index is 12.5. The number of nitrogens with one attached hydrogen (secondary N) is 1. The van der Waals surface area contributed by atoms with Gasteiger partial charge in [-0.2, -0.15) is 13.2 Å². The number of aromatic nitrogens is 1. The highest BCUT2D eigenvalue weighted by Crippen LogP contribution is 2.31. The highest BCUT2D eigenvalue weighted by Gasteiger charge is 2.30. The second-order valence-corrected chi connectivity index (χ2v) is 4.93. The molecule has 2 nitrogen and oxygen atoms in total. The molecule has 0 bridgehead atoms. The summed E-state index contributed by atoms with van der Waals surface area (Å²) in [4.78, 5) is 4.99. The summed E-state index contributed by atoms with van der Waals surface area (Å²) >= 11 is 1.48. The van der Waals surface area contributed by atoms with E-state index in [2.05, 4.69) is 10.3 Å². The topological polar surface area (TPSA) is 24.9 Å². The highest BCUT2D eigenvalue weighted by atomic mass is 32.1. The Labute approximate surface area is 113 Å². The number of benzene rings is 1. The lowest BCUT2D eigenvalue weighted by Gasteiger charge is -2.17. The fourth-order valence-electron chi connectivity index (χ4n) is 1.82. The van der Waals surface area contributed by atoms with Crippen molar-refractivity contribution in [3.63, 3.8) is 0 Å². The molecule has 0 aliphatic carbocycles. The van der Waals surface area contributed by atoms with Crippen LogP contribution in [0.15, 0.2) is 36.0 Å². The van der Waals surface area contributed by atoms with E-state index >= 15 is 0 Å². The van der Waals surface area contributed by atoms with E-state index in [1.54, 1.807) is 11.7 Å². The Hall–Kier alpha value is -1.40. The van der Waals surface area contributed by atoms with Crippen molar-refractivity contribution in [3.05, 3.63) is 52.0 Å². The van der Waals surface area contributed by atoms with Gasteiger partial charge in [-0.05, 0) is 24.2 Å². The van der Waals surface area contributed by atoms with E-state index in [0.717, 1.165) is 29.1 Å². The molecule has 0 amide bonds. The van der Waals surface area contributed by atoms with Crippen LogP contribution in [0.5, 0.6) is 0 Å². The Kier molecular flexibility index (Phi) is 4.21. The smallest absolute Gasteiger partial charge is 0.306 e. The monoisotopic (exact) mass is 286 g/mol. The summed E-state index contributed by atoms with van der Waals surface area (Å²) in [5.74, 6) is 0. The maximum Gasteiger partial charge on any atom is 0.416 e. The molecule has 0 radical (unpaired) electrons. The van der Waals surface area contributed by atoms with Crippen LogP contribution in [0.4, 0.5) is 13.2 Å². The third kappa shape index (κ3) is 3.33. The average Bonchev–Trinajstić information content (AvgIpc) is 2.89. The van der Waals surface area contributed by atoms with E-state index in [0.29, 0.717) is 0 Å². The molecule has 0 aliphatic heterocycles. The van der Waals surface area contributed by atoms with Gasteiger partial charge in [0.2, 0.25) is 0 Å². The number of alkyl halides is 3. The number of halogens is 3. The first-order valence-electron chi connectivity index (χ1n) is 5.81. The van der Waals surface area contributed by atoms with Crippen LogP contribution in [0, 0.1) is 0 Å². The molecule has 102 valence electrons. The maximum atomic E-state index is 12.5. The molecule has 0 aliphatic rings. The molecular formula is C13H13F3N2S. The third-order valence-corrected chi connectivity index (χ3v) is 3.56. The van der Waals surface area contributed by atoms with Crippen LogP contribution in [-0.2, 0) is 6.18 Å². The van der Waals surface area contributed by atoms with E-state index in [9.17, 15) is 13.2 Å². The number of hydrogen-bond acceptors (Lipinski definition) is 3. The van der Waals surface area contributed by atoms with Crippen LogP contribution in [0.25, 0.3) is 0 Å². The zero-order valence-electron chi connectivity index (χ0n) is 10.2. The van der Waals surface area contributed by atoms with Crippen LogP contribution in [-0.4, -0.2) is 11.5 Å². The molecule has 1 heterocycles. The van der Waals surface area contributed by atoms with Gasteiger partial charge in [0, 0.05) is 11.1 Å². The lowest BCUT2D eigenvalue weighted by molar-refractivity contribution is -0.137. The first-order chi connectivity index (χ1) is 9.02. The SMILES string of the molecule is CCNC(c1ccc(C(F)(F)F)cc1)c1cncs1. The van der Waals surface area contributed by atoms with Crippen molar-refractivity contribution in [2.24, 2.45) is 0 Å². The summed E-state index contributed by atoms with van der Waals surface area (Å²) in [7, 11) is 0. The molecule has 1 aromatic carbocycles. The average molecular weight is 286 g/mol. The quantitative estimate of drug-likeness (QED) is 0.923. The van der Waals surface area contributed by atoms with Gasteiger partial charge in [-0.1, -0.05) is 19.1 Å². The Morgan fingerprint density at radius 1 is 1.26 bits per heavy atom. The lowest BCUT2D eigenvalue weighted by atomic mass is 10.0. The summed E-state index contributed by atoms with van der Waals surface area (Å²) < 4.78 is 37.6. The third-order valence-electron chi connectivity index (χ3n) is 2.72. The van der Waals surface area contributed by atoms with Crippen molar-refractivity contribution in [2.45, 2.75) is 19.1 Å². The molecule has 1 aromatic heterocycles. The Morgan fingerprint density at radius 3 is 2.42 bits per heavy atom. The molecule has 19 heavy (non-hydrogen) atoms. The van der Waals surface area contributed by atoms with Crippen molar-refractivity contribution >= 4 is 11.3 Å². The molecule has 1 N–H and O–H groups in total. The fraction of sp³-hybridized carbons (Fsp3) is 0.308. The van der Waals surface area contributed by atoms with Gasteiger partial charge in [-0.3, -0.25) is 4.98 Å². The summed E-state index contributed by atoms with van der Waals surface area (Å²) in [6.45, 7) is 2.68. The lowest BCUT2D eigenvalue weighted by Crippen LogP contribution is -2.21. The Balaban J connectivity index is 2.28. The van der Waals surface area contributed by atoms with Gasteiger partial charge in [0.15, 0.2) is 0 Å². The van der Waals surface area contributed by atoms with Crippen molar-refractivity contribution < 1.29 is 13.2 Å². The summed E-state index contributed by atoms with van der Waals surface area (Å²) in [5.41, 5.74) is 1.89. The Morgan fingerprint density at radius 2 is 1.95 bits per heavy atom. The van der Waals surface area contributed by atoms with E-state index < -0.39 is 11.7 Å². The summed E-state index contributed by atoms with van der Waals surface area (Å²) in [5, 5.41) is 3.25. The number of nitrogens with zero attached hydrogens (tertiary/aromatic N) is 1. The molecule has 1 unspecified atom stereocenters. The number of hydrogen-bond donors (Lipinski definition) is 1. The van der Waals surface area contributed by atoms with E-state index in [-0.39, 0.29) is 6.04 Å². The summed E-state index contributed by atoms with van der Waals surface area (Å²) in [6.07, 6.45) is -2.56. The fourth-order valence-corrected chi connectivity index (χ4v) is 2.54. The normalized spacial score (nSPS) is 13.5. The van der Waals surface area contributed by atoms with Gasteiger partial charge >= 0.3 is 6.18 Å². The van der Waals surface area contributed by atoms with Gasteiger partial charge in [-0.15, -0.1) is 11.3 Å². The minimum atomic E-state index is -4.29. The summed E-state index contributed by atoms with van der Waals surface area (Å²) in [6, 6.07) is 5.13. The minimum Gasteiger partial charge on any atom is -0.306 e. The van der Waals surface area contributed by atoms with Gasteiger partial charge < -0.3 is 5.32 Å². The highest BCUT2D eigenvalue weighted by molar-refractivity contribution is 7.09. The molecule has 0 saturated heterocycles. The van der Waals surface area contributed by atoms with Crippen molar-refractivity contribution in [1.82, 2.24) is 10.3 Å². The first kappa shape index (κ1) is 14.0. The van der Waals surface area contributed by atoms with Crippen LogP contribution in [0.3, 0.4) is 0 Å². The van der Waals surface area contributed by atoms with Crippen LogP contribution < -0.4 is 5.32 Å². The van der Waals surface area contributed by atoms with E-state index in [1.807, 2.05) is 6.92 Å². The van der Waals surface area contributed by atoms with Crippen LogP contribution in [0.2, 0.25) is 0 Å². The molecule has 1 atom stereocenters. The van der Waals surface area contributed by atoms with Crippen molar-refractivity contribution in [2.75, 3.05) is 6.54 Å². The largest absolute Gasteiger partial charge is 0.416 e. The van der Waals surface area contributed by atoms with E-state index in [1.165, 1.54) is 23.5 Å². The van der Waals surface area contributed by atoms with Gasteiger partial charge in [0.05, 0.1) is 17.1 Å². The molecule has 2 rings (SSSR count). The number of thiazole rings is 1. The zero-order chi connectivity index (χ0) is 13.9. The minimum absolute atomic E-state index is 0.111. The Bertz CT molecular complexity index is 506. The van der Waals surface area contributed by atoms with Gasteiger partial charge in [-0.25, -0.2) is 0 Å². The second-order valence-electron chi connectivity index (χ2n) is 4.01. The van der Waals surface area contributed by atoms with Crippen molar-refractivity contribution in [3.8, 4) is 0 Å². The predicted molar refractivity (Wildman–Crippen MR) is 69.1 cm³/mol. The standard InChI is InChI=1S/C13H13F3N2S/c1-2-18-12(11-7-17-8-19-11)9-3-5-10(6-4-9)13(14,15)16/h3-8,12,18H,2H2,1H3. The molecular weight excluding hydrogens is 273 g/mol. The first-order valence-corrected chi connectivity index (χ1v) is 6.69. The van der Waals surface area contributed by atoms with Crippen LogP contribution in [0.1, 0.15) is 29.0 Å². The molecule has 0 spiro atoms. The van der Waals surface area contributed by atoms with E-state index in [4.69, 9.17) is 0 Å². The molecule has 2 aromatic rings. The van der Waals surface area contributed by atoms with Crippen molar-refractivity contribution in [1.29, 1.82) is 0 Å². The number of rotatable bonds is 4. The van der Waals surface area contributed by atoms with Crippen LogP contribution >= 0.6 is 11.3 Å². The predicted octanol–water partition coefficient (Wildman–Crippen LogP) is 3.86. The zero-order valence-corrected chi connectivity index (χ0v) is 11.1. The molecule has 0 fully saturated rings. The van der Waals surface area contributed by atoms with Gasteiger partial charge in [0.25, 0.3) is 0 Å².